The molecule has 0 saturated carbocycles. The average Bonchev–Trinajstić information content (AvgIpc) is 2.17. The number of carboxylic acid groups (broad SMARTS) is 1. The fourth-order valence-electron chi connectivity index (χ4n) is 0.661. The van der Waals surface area contributed by atoms with Crippen molar-refractivity contribution in [2.75, 3.05) is 7.11 Å². The second kappa shape index (κ2) is 7.86. The van der Waals surface area contributed by atoms with E-state index in [2.05, 4.69) is 23.8 Å². The number of hydrogen-bond acceptors (Lipinski definition) is 2. The number of carboxylic acids is 1. The molecule has 76 valence electrons. The Bertz CT molecular complexity index is 278. The standard InChI is InChI=1S/C7H8.C4H6O3/c1-7-5-3-2-4-6-7;1-7-3-2-4(5)6/h2-6H,1H3;2-3H,1H3,(H,5,6). The summed E-state index contributed by atoms with van der Waals surface area (Å²) < 4.78 is 4.29. The molecular formula is C11H14O3. The maximum atomic E-state index is 9.59. The molecule has 0 heterocycles. The van der Waals surface area contributed by atoms with Crippen molar-refractivity contribution in [1.29, 1.82) is 0 Å². The van der Waals surface area contributed by atoms with Gasteiger partial charge in [-0.1, -0.05) is 35.9 Å². The number of methoxy groups -OCH3 is 1. The third kappa shape index (κ3) is 8.33. The van der Waals surface area contributed by atoms with Gasteiger partial charge in [0.15, 0.2) is 0 Å². The van der Waals surface area contributed by atoms with Gasteiger partial charge in [-0.2, -0.15) is 0 Å². The number of rotatable bonds is 2. The molecule has 0 atom stereocenters. The van der Waals surface area contributed by atoms with Crippen LogP contribution in [0.2, 0.25) is 0 Å². The van der Waals surface area contributed by atoms with Crippen LogP contribution in [0.3, 0.4) is 0 Å². The first kappa shape index (κ1) is 12.2. The molecule has 0 saturated heterocycles. The highest BCUT2D eigenvalue weighted by Crippen LogP contribution is 1.92. The van der Waals surface area contributed by atoms with Crippen molar-refractivity contribution < 1.29 is 14.6 Å². The number of hydrogen-bond donors (Lipinski definition) is 1. The highest BCUT2D eigenvalue weighted by Gasteiger charge is 1.80. The Kier molecular flexibility index (Phi) is 6.86. The summed E-state index contributed by atoms with van der Waals surface area (Å²) >= 11 is 0. The fraction of sp³-hybridized carbons (Fsp3) is 0.182. The molecule has 3 heteroatoms. The van der Waals surface area contributed by atoms with Crippen LogP contribution in [0.5, 0.6) is 0 Å². The van der Waals surface area contributed by atoms with Crippen molar-refractivity contribution in [3.63, 3.8) is 0 Å². The lowest BCUT2D eigenvalue weighted by atomic mass is 10.2. The summed E-state index contributed by atoms with van der Waals surface area (Å²) in [5, 5.41) is 7.88. The van der Waals surface area contributed by atoms with Gasteiger partial charge in [0, 0.05) is 0 Å². The second-order valence-electron chi connectivity index (χ2n) is 2.53. The van der Waals surface area contributed by atoms with Gasteiger partial charge in [-0.15, -0.1) is 0 Å². The van der Waals surface area contributed by atoms with Crippen molar-refractivity contribution in [3.8, 4) is 0 Å². The van der Waals surface area contributed by atoms with Crippen LogP contribution in [0.25, 0.3) is 0 Å². The number of carbonyl (C=O) groups is 1. The van der Waals surface area contributed by atoms with Crippen LogP contribution in [0.15, 0.2) is 42.7 Å². The molecule has 0 aromatic heterocycles. The van der Waals surface area contributed by atoms with Crippen LogP contribution < -0.4 is 0 Å². The summed E-state index contributed by atoms with van der Waals surface area (Å²) in [4.78, 5) is 9.59. The van der Waals surface area contributed by atoms with E-state index in [0.717, 1.165) is 12.3 Å². The maximum absolute atomic E-state index is 9.59. The Hall–Kier alpha value is -1.77. The smallest absolute Gasteiger partial charge is 0.331 e. The highest BCUT2D eigenvalue weighted by molar-refractivity contribution is 5.79. The lowest BCUT2D eigenvalue weighted by Crippen LogP contribution is -1.85. The third-order valence-corrected chi connectivity index (χ3v) is 1.29. The summed E-state index contributed by atoms with van der Waals surface area (Å²) in [6.45, 7) is 2.08. The summed E-state index contributed by atoms with van der Waals surface area (Å²) in [6, 6.07) is 10.3. The van der Waals surface area contributed by atoms with Crippen molar-refractivity contribution in [1.82, 2.24) is 0 Å². The molecule has 0 radical (unpaired) electrons. The SMILES string of the molecule is COC=CC(=O)O.Cc1ccccc1. The number of ether oxygens (including phenoxy) is 1. The predicted octanol–water partition coefficient (Wildman–Crippen LogP) is 2.23. The van der Waals surface area contributed by atoms with E-state index < -0.39 is 5.97 Å². The minimum Gasteiger partial charge on any atom is -0.504 e. The van der Waals surface area contributed by atoms with Crippen molar-refractivity contribution >= 4 is 5.97 Å². The summed E-state index contributed by atoms with van der Waals surface area (Å²) in [6.07, 6.45) is 2.02. The third-order valence-electron chi connectivity index (χ3n) is 1.29. The Labute approximate surface area is 83.6 Å². The second-order valence-corrected chi connectivity index (χ2v) is 2.53. The zero-order chi connectivity index (χ0) is 10.8. The van der Waals surface area contributed by atoms with Gasteiger partial charge in [-0.25, -0.2) is 4.79 Å². The van der Waals surface area contributed by atoms with Gasteiger partial charge < -0.3 is 9.84 Å². The molecule has 0 fully saturated rings. The van der Waals surface area contributed by atoms with Crippen LogP contribution in [-0.4, -0.2) is 18.2 Å². The molecule has 0 unspecified atom stereocenters. The summed E-state index contributed by atoms with van der Waals surface area (Å²) in [5.41, 5.74) is 1.32. The highest BCUT2D eigenvalue weighted by atomic mass is 16.5. The number of benzene rings is 1. The molecule has 0 aliphatic heterocycles. The van der Waals surface area contributed by atoms with Crippen LogP contribution >= 0.6 is 0 Å². The average molecular weight is 194 g/mol. The quantitative estimate of drug-likeness (QED) is 0.580. The minimum atomic E-state index is -0.998. The van der Waals surface area contributed by atoms with Gasteiger partial charge in [0.05, 0.1) is 19.4 Å². The molecule has 1 aromatic carbocycles. The van der Waals surface area contributed by atoms with Crippen LogP contribution in [-0.2, 0) is 9.53 Å². The van der Waals surface area contributed by atoms with E-state index in [1.807, 2.05) is 18.2 Å². The lowest BCUT2D eigenvalue weighted by Gasteiger charge is -1.82. The molecule has 0 aliphatic carbocycles. The zero-order valence-corrected chi connectivity index (χ0v) is 8.31. The van der Waals surface area contributed by atoms with Crippen molar-refractivity contribution in [2.24, 2.45) is 0 Å². The summed E-state index contributed by atoms with van der Waals surface area (Å²) in [5.74, 6) is -0.998. The van der Waals surface area contributed by atoms with Gasteiger partial charge in [-0.3, -0.25) is 0 Å². The number of aliphatic carboxylic acids is 1. The van der Waals surface area contributed by atoms with Crippen molar-refractivity contribution in [3.05, 3.63) is 48.2 Å². The molecule has 1 rings (SSSR count). The number of aryl methyl sites for hydroxylation is 1. The van der Waals surface area contributed by atoms with Crippen molar-refractivity contribution in [2.45, 2.75) is 6.92 Å². The molecule has 1 N–H and O–H groups in total. The van der Waals surface area contributed by atoms with E-state index >= 15 is 0 Å². The first-order valence-electron chi connectivity index (χ1n) is 4.10. The molecule has 0 amide bonds. The summed E-state index contributed by atoms with van der Waals surface area (Å²) in [7, 11) is 1.39. The molecule has 0 spiro atoms. The van der Waals surface area contributed by atoms with Crippen LogP contribution in [0.4, 0.5) is 0 Å². The van der Waals surface area contributed by atoms with Crippen LogP contribution in [0.1, 0.15) is 5.56 Å². The van der Waals surface area contributed by atoms with Gasteiger partial charge in [-0.05, 0) is 6.92 Å². The van der Waals surface area contributed by atoms with E-state index in [9.17, 15) is 4.79 Å². The van der Waals surface area contributed by atoms with Gasteiger partial charge >= 0.3 is 5.97 Å². The Balaban J connectivity index is 0.000000241. The molecule has 1 aromatic rings. The lowest BCUT2D eigenvalue weighted by molar-refractivity contribution is -0.131. The first-order chi connectivity index (χ1) is 6.66. The Morgan fingerprint density at radius 1 is 1.36 bits per heavy atom. The van der Waals surface area contributed by atoms with E-state index in [1.165, 1.54) is 12.7 Å². The van der Waals surface area contributed by atoms with Gasteiger partial charge in [0.25, 0.3) is 0 Å². The predicted molar refractivity (Wildman–Crippen MR) is 55.0 cm³/mol. The maximum Gasteiger partial charge on any atom is 0.331 e. The molecule has 14 heavy (non-hydrogen) atoms. The molecule has 3 nitrogen and oxygen atoms in total. The topological polar surface area (TPSA) is 46.5 Å². The molecule has 0 bridgehead atoms. The van der Waals surface area contributed by atoms with Crippen LogP contribution in [0, 0.1) is 6.92 Å². The van der Waals surface area contributed by atoms with E-state index in [1.54, 1.807) is 0 Å². The Morgan fingerprint density at radius 2 is 1.93 bits per heavy atom. The van der Waals surface area contributed by atoms with E-state index in [-0.39, 0.29) is 0 Å². The first-order valence-corrected chi connectivity index (χ1v) is 4.10. The van der Waals surface area contributed by atoms with E-state index in [4.69, 9.17) is 5.11 Å². The fourth-order valence-corrected chi connectivity index (χ4v) is 0.661. The van der Waals surface area contributed by atoms with Gasteiger partial charge in [0.2, 0.25) is 0 Å². The van der Waals surface area contributed by atoms with Gasteiger partial charge in [0.1, 0.15) is 0 Å². The molecular weight excluding hydrogens is 180 g/mol. The largest absolute Gasteiger partial charge is 0.504 e. The normalized spacial score (nSPS) is 9.00. The Morgan fingerprint density at radius 3 is 2.14 bits per heavy atom. The zero-order valence-electron chi connectivity index (χ0n) is 8.31. The monoisotopic (exact) mass is 194 g/mol. The molecule has 0 aliphatic rings. The van der Waals surface area contributed by atoms with E-state index in [0.29, 0.717) is 0 Å². The minimum absolute atomic E-state index is 0.917.